The van der Waals surface area contributed by atoms with Gasteiger partial charge in [-0.05, 0) is 64.2 Å². The van der Waals surface area contributed by atoms with E-state index >= 15 is 0 Å². The van der Waals surface area contributed by atoms with Crippen molar-refractivity contribution in [3.05, 3.63) is 60.8 Å². The Bertz CT molecular complexity index is 1020. The number of carboxylic acids is 1. The maximum absolute atomic E-state index is 12.6. The Morgan fingerprint density at radius 3 is 1.75 bits per heavy atom. The molecule has 0 aromatic heterocycles. The molecule has 0 saturated carbocycles. The van der Waals surface area contributed by atoms with Gasteiger partial charge in [0.25, 0.3) is 0 Å². The van der Waals surface area contributed by atoms with Crippen molar-refractivity contribution >= 4 is 17.9 Å². The van der Waals surface area contributed by atoms with Gasteiger partial charge in [-0.1, -0.05) is 113 Å². The molecule has 0 radical (unpaired) electrons. The standard InChI is InChI=1S/C42H71NO8/c1-6-8-10-12-14-16-18-20-22-24-26-28-30-32-39(44)49-36-38(37-50-42(41(46)47)48-35-34-43(3,4)5)51-40(45)33-31-29-27-25-23-21-19-17-15-13-11-9-7-2/h9,11,15-18,21,23,27,29,38,42H,6-8,10,12-14,19-20,22,24-26,28,30-37H2,1-5H3/b11-9-,17-15-,18-16-,23-21-,29-27-. The SMILES string of the molecule is CC/C=C\C/C=C\C/C=C\C/C=C\CCC(=O)OC(COC(=O)CCCCCCC/C=C\CCCCCC)COC(OCC[N+](C)(C)C)C(=O)[O-]. The van der Waals surface area contributed by atoms with Gasteiger partial charge in [0.1, 0.15) is 13.2 Å². The van der Waals surface area contributed by atoms with Crippen molar-refractivity contribution in [2.24, 2.45) is 0 Å². The summed E-state index contributed by atoms with van der Waals surface area (Å²) >= 11 is 0. The van der Waals surface area contributed by atoms with E-state index in [0.29, 0.717) is 17.4 Å². The lowest BCUT2D eigenvalue weighted by Crippen LogP contribution is -2.44. The summed E-state index contributed by atoms with van der Waals surface area (Å²) in [4.78, 5) is 36.7. The van der Waals surface area contributed by atoms with Crippen molar-refractivity contribution in [3.8, 4) is 0 Å². The average Bonchev–Trinajstić information content (AvgIpc) is 3.08. The van der Waals surface area contributed by atoms with E-state index in [9.17, 15) is 19.5 Å². The quantitative estimate of drug-likeness (QED) is 0.0216. The molecule has 0 aliphatic rings. The lowest BCUT2D eigenvalue weighted by atomic mass is 10.1. The summed E-state index contributed by atoms with van der Waals surface area (Å²) in [6, 6.07) is 0. The van der Waals surface area contributed by atoms with Gasteiger partial charge in [0, 0.05) is 12.8 Å². The highest BCUT2D eigenvalue weighted by Crippen LogP contribution is 2.11. The molecule has 0 rings (SSSR count). The zero-order chi connectivity index (χ0) is 37.8. The number of allylic oxidation sites excluding steroid dienone is 10. The molecule has 0 aromatic rings. The maximum Gasteiger partial charge on any atom is 0.306 e. The number of aliphatic carboxylic acids is 1. The van der Waals surface area contributed by atoms with Crippen molar-refractivity contribution in [1.29, 1.82) is 0 Å². The third kappa shape index (κ3) is 35.2. The number of carboxylic acid groups (broad SMARTS) is 1. The van der Waals surface area contributed by atoms with E-state index in [1.54, 1.807) is 0 Å². The molecule has 2 unspecified atom stereocenters. The minimum Gasteiger partial charge on any atom is -0.545 e. The highest BCUT2D eigenvalue weighted by molar-refractivity contribution is 5.70. The molecule has 0 aromatic carbocycles. The van der Waals surface area contributed by atoms with Crippen LogP contribution < -0.4 is 5.11 Å². The van der Waals surface area contributed by atoms with E-state index in [1.807, 2.05) is 33.3 Å². The summed E-state index contributed by atoms with van der Waals surface area (Å²) in [6.45, 7) is 4.47. The molecule has 0 saturated heterocycles. The number of ether oxygens (including phenoxy) is 4. The lowest BCUT2D eigenvalue weighted by molar-refractivity contribution is -0.870. The van der Waals surface area contributed by atoms with Crippen LogP contribution in [-0.2, 0) is 33.3 Å². The van der Waals surface area contributed by atoms with E-state index in [-0.39, 0.29) is 32.7 Å². The van der Waals surface area contributed by atoms with Gasteiger partial charge in [-0.15, -0.1) is 0 Å². The molecule has 0 N–H and O–H groups in total. The molecular weight excluding hydrogens is 646 g/mol. The molecule has 0 fully saturated rings. The van der Waals surface area contributed by atoms with Crippen LogP contribution in [0.3, 0.4) is 0 Å². The Kier molecular flexibility index (Phi) is 32.1. The molecule has 0 aliphatic carbocycles. The van der Waals surface area contributed by atoms with E-state index in [1.165, 1.54) is 32.1 Å². The van der Waals surface area contributed by atoms with Gasteiger partial charge in [0.15, 0.2) is 12.4 Å². The fraction of sp³-hybridized carbons (Fsp3) is 0.690. The summed E-state index contributed by atoms with van der Waals surface area (Å²) < 4.78 is 22.3. The fourth-order valence-corrected chi connectivity index (χ4v) is 4.72. The smallest absolute Gasteiger partial charge is 0.306 e. The summed E-state index contributed by atoms with van der Waals surface area (Å²) in [5, 5.41) is 11.6. The number of unbranched alkanes of at least 4 members (excludes halogenated alkanes) is 9. The molecule has 0 aliphatic heterocycles. The summed E-state index contributed by atoms with van der Waals surface area (Å²) in [7, 11) is 5.87. The average molecular weight is 718 g/mol. The second kappa shape index (κ2) is 34.1. The number of esters is 2. The van der Waals surface area contributed by atoms with Crippen LogP contribution in [0.5, 0.6) is 0 Å². The second-order valence-corrected chi connectivity index (χ2v) is 13.8. The monoisotopic (exact) mass is 718 g/mol. The Hall–Kier alpha value is -3.01. The number of likely N-dealkylation sites (N-methyl/N-ethyl adjacent to an activating group) is 1. The number of hydrogen-bond acceptors (Lipinski definition) is 8. The highest BCUT2D eigenvalue weighted by atomic mass is 16.7. The molecule has 0 heterocycles. The van der Waals surface area contributed by atoms with Gasteiger partial charge in [-0.25, -0.2) is 0 Å². The first-order valence-electron chi connectivity index (χ1n) is 19.4. The Morgan fingerprint density at radius 1 is 0.608 bits per heavy atom. The van der Waals surface area contributed by atoms with E-state index in [4.69, 9.17) is 18.9 Å². The van der Waals surface area contributed by atoms with E-state index in [2.05, 4.69) is 62.5 Å². The molecule has 9 heteroatoms. The zero-order valence-corrected chi connectivity index (χ0v) is 32.7. The summed E-state index contributed by atoms with van der Waals surface area (Å²) in [6.07, 6.45) is 35.6. The Morgan fingerprint density at radius 2 is 1.16 bits per heavy atom. The Balaban J connectivity index is 4.67. The van der Waals surface area contributed by atoms with Crippen LogP contribution in [-0.4, -0.2) is 82.3 Å². The molecular formula is C42H71NO8. The number of carbonyl (C=O) groups excluding carboxylic acids is 3. The minimum absolute atomic E-state index is 0.122. The number of quaternary nitrogens is 1. The van der Waals surface area contributed by atoms with Crippen LogP contribution in [0, 0.1) is 0 Å². The number of hydrogen-bond donors (Lipinski definition) is 0. The first kappa shape index (κ1) is 48.0. The van der Waals surface area contributed by atoms with Crippen molar-refractivity contribution < 1.29 is 42.9 Å². The first-order valence-corrected chi connectivity index (χ1v) is 19.4. The molecule has 292 valence electrons. The molecule has 0 amide bonds. The van der Waals surface area contributed by atoms with Crippen LogP contribution >= 0.6 is 0 Å². The lowest BCUT2D eigenvalue weighted by Gasteiger charge is -2.26. The topological polar surface area (TPSA) is 111 Å². The molecule has 0 spiro atoms. The summed E-state index contributed by atoms with van der Waals surface area (Å²) in [5.41, 5.74) is 0. The molecule has 0 bridgehead atoms. The van der Waals surface area contributed by atoms with Crippen LogP contribution in [0.4, 0.5) is 0 Å². The van der Waals surface area contributed by atoms with Gasteiger partial charge >= 0.3 is 11.9 Å². The zero-order valence-electron chi connectivity index (χ0n) is 32.7. The van der Waals surface area contributed by atoms with Gasteiger partial charge in [0.2, 0.25) is 0 Å². The van der Waals surface area contributed by atoms with E-state index in [0.717, 1.165) is 64.2 Å². The molecule has 2 atom stereocenters. The second-order valence-electron chi connectivity index (χ2n) is 13.8. The molecule has 51 heavy (non-hydrogen) atoms. The fourth-order valence-electron chi connectivity index (χ4n) is 4.72. The van der Waals surface area contributed by atoms with Crippen molar-refractivity contribution in [2.45, 2.75) is 142 Å². The first-order chi connectivity index (χ1) is 24.6. The van der Waals surface area contributed by atoms with Crippen LogP contribution in [0.1, 0.15) is 129 Å². The summed E-state index contributed by atoms with van der Waals surface area (Å²) in [5.74, 6) is -2.42. The number of rotatable bonds is 34. The predicted octanol–water partition coefficient (Wildman–Crippen LogP) is 8.10. The van der Waals surface area contributed by atoms with Crippen molar-refractivity contribution in [2.75, 3.05) is 47.5 Å². The maximum atomic E-state index is 12.6. The van der Waals surface area contributed by atoms with Crippen molar-refractivity contribution in [3.63, 3.8) is 0 Å². The van der Waals surface area contributed by atoms with Gasteiger partial charge < -0.3 is 33.3 Å². The normalized spacial score (nSPS) is 13.7. The van der Waals surface area contributed by atoms with Gasteiger partial charge in [-0.3, -0.25) is 9.59 Å². The third-order valence-corrected chi connectivity index (χ3v) is 7.76. The van der Waals surface area contributed by atoms with Crippen LogP contribution in [0.15, 0.2) is 60.8 Å². The highest BCUT2D eigenvalue weighted by Gasteiger charge is 2.21. The van der Waals surface area contributed by atoms with Gasteiger partial charge in [-0.2, -0.15) is 0 Å². The third-order valence-electron chi connectivity index (χ3n) is 7.76. The number of nitrogens with zero attached hydrogens (tertiary/aromatic N) is 1. The minimum atomic E-state index is -1.64. The van der Waals surface area contributed by atoms with E-state index < -0.39 is 30.3 Å². The van der Waals surface area contributed by atoms with Crippen LogP contribution in [0.2, 0.25) is 0 Å². The van der Waals surface area contributed by atoms with Gasteiger partial charge in [0.05, 0.1) is 40.3 Å². The van der Waals surface area contributed by atoms with Crippen LogP contribution in [0.25, 0.3) is 0 Å². The predicted molar refractivity (Wildman–Crippen MR) is 205 cm³/mol. The Labute approximate surface area is 310 Å². The van der Waals surface area contributed by atoms with Crippen molar-refractivity contribution in [1.82, 2.24) is 0 Å². The molecule has 9 nitrogen and oxygen atoms in total. The number of carbonyl (C=O) groups is 3. The largest absolute Gasteiger partial charge is 0.545 e.